The van der Waals surface area contributed by atoms with E-state index in [1.807, 2.05) is 37.3 Å². The quantitative estimate of drug-likeness (QED) is 0.762. The monoisotopic (exact) mass is 343 g/mol. The number of ether oxygens (including phenoxy) is 2. The maximum atomic E-state index is 5.63. The van der Waals surface area contributed by atoms with Crippen LogP contribution in [-0.4, -0.2) is 60.9 Å². The third-order valence-electron chi connectivity index (χ3n) is 3.95. The highest BCUT2D eigenvalue weighted by Crippen LogP contribution is 2.26. The molecule has 0 spiro atoms. The van der Waals surface area contributed by atoms with E-state index in [1.165, 1.54) is 0 Å². The number of para-hydroxylation sites is 2. The molecule has 25 heavy (non-hydrogen) atoms. The second-order valence-corrected chi connectivity index (χ2v) is 5.72. The molecule has 0 unspecified atom stereocenters. The Morgan fingerprint density at radius 3 is 2.80 bits per heavy atom. The first-order chi connectivity index (χ1) is 12.3. The van der Waals surface area contributed by atoms with Gasteiger partial charge in [-0.3, -0.25) is 4.90 Å². The van der Waals surface area contributed by atoms with Gasteiger partial charge in [-0.2, -0.15) is 0 Å². The highest BCUT2D eigenvalue weighted by atomic mass is 16.5. The van der Waals surface area contributed by atoms with Gasteiger partial charge in [0.15, 0.2) is 0 Å². The second-order valence-electron chi connectivity index (χ2n) is 5.72. The summed E-state index contributed by atoms with van der Waals surface area (Å²) in [7, 11) is 0. The largest absolute Gasteiger partial charge is 0.492 e. The highest BCUT2D eigenvalue weighted by molar-refractivity contribution is 5.65. The van der Waals surface area contributed by atoms with Crippen molar-refractivity contribution >= 4 is 17.3 Å². The van der Waals surface area contributed by atoms with Crippen LogP contribution in [0.5, 0.6) is 5.75 Å². The van der Waals surface area contributed by atoms with E-state index in [-0.39, 0.29) is 0 Å². The molecule has 1 aliphatic rings. The molecule has 0 amide bonds. The van der Waals surface area contributed by atoms with E-state index in [0.717, 1.165) is 62.5 Å². The van der Waals surface area contributed by atoms with E-state index in [9.17, 15) is 0 Å². The molecule has 1 aromatic heterocycles. The molecule has 0 atom stereocenters. The molecule has 0 radical (unpaired) electrons. The summed E-state index contributed by atoms with van der Waals surface area (Å²) in [6, 6.07) is 9.73. The van der Waals surface area contributed by atoms with Crippen molar-refractivity contribution in [2.45, 2.75) is 6.92 Å². The van der Waals surface area contributed by atoms with Crippen molar-refractivity contribution in [2.75, 3.05) is 56.6 Å². The minimum atomic E-state index is 0.622. The fraction of sp³-hybridized carbons (Fsp3) is 0.444. The van der Waals surface area contributed by atoms with Crippen molar-refractivity contribution < 1.29 is 9.47 Å². The van der Waals surface area contributed by atoms with E-state index in [4.69, 9.17) is 9.47 Å². The number of morpholine rings is 1. The lowest BCUT2D eigenvalue weighted by Crippen LogP contribution is -2.39. The summed E-state index contributed by atoms with van der Waals surface area (Å²) in [5, 5.41) is 6.65. The molecule has 1 fully saturated rings. The average molecular weight is 343 g/mol. The van der Waals surface area contributed by atoms with Crippen molar-refractivity contribution in [1.82, 2.24) is 14.9 Å². The fourth-order valence-corrected chi connectivity index (χ4v) is 2.68. The van der Waals surface area contributed by atoms with Gasteiger partial charge in [0.2, 0.25) is 0 Å². The first-order valence-electron chi connectivity index (χ1n) is 8.70. The molecule has 1 aromatic carbocycles. The summed E-state index contributed by atoms with van der Waals surface area (Å²) in [6.45, 7) is 8.03. The van der Waals surface area contributed by atoms with Gasteiger partial charge < -0.3 is 20.1 Å². The van der Waals surface area contributed by atoms with Crippen molar-refractivity contribution in [3.63, 3.8) is 0 Å². The Hall–Kier alpha value is -2.38. The SMILES string of the molecule is CCOc1ccccc1Nc1cc(NCCN2CCOCC2)ncn1. The molecule has 7 nitrogen and oxygen atoms in total. The van der Waals surface area contributed by atoms with Crippen molar-refractivity contribution in [1.29, 1.82) is 0 Å². The van der Waals surface area contributed by atoms with E-state index >= 15 is 0 Å². The maximum Gasteiger partial charge on any atom is 0.142 e. The molecular weight excluding hydrogens is 318 g/mol. The Labute approximate surface area is 148 Å². The van der Waals surface area contributed by atoms with Crippen molar-refractivity contribution in [3.8, 4) is 5.75 Å². The molecule has 1 saturated heterocycles. The lowest BCUT2D eigenvalue weighted by molar-refractivity contribution is 0.0398. The number of hydrogen-bond acceptors (Lipinski definition) is 7. The zero-order chi connectivity index (χ0) is 17.3. The standard InChI is InChI=1S/C18H25N5O2/c1-2-25-16-6-4-3-5-15(16)22-18-13-17(20-14-21-18)19-7-8-23-9-11-24-12-10-23/h3-6,13-14H,2,7-12H2,1H3,(H2,19,20,21,22). The van der Waals surface area contributed by atoms with Crippen LogP contribution in [-0.2, 0) is 4.74 Å². The number of rotatable bonds is 8. The van der Waals surface area contributed by atoms with Crippen LogP contribution in [0.3, 0.4) is 0 Å². The first kappa shape index (κ1) is 17.4. The maximum absolute atomic E-state index is 5.63. The summed E-state index contributed by atoms with van der Waals surface area (Å²) in [4.78, 5) is 11.0. The predicted molar refractivity (Wildman–Crippen MR) is 98.7 cm³/mol. The van der Waals surface area contributed by atoms with Gasteiger partial charge in [0.25, 0.3) is 0 Å². The van der Waals surface area contributed by atoms with E-state index in [1.54, 1.807) is 6.33 Å². The summed E-state index contributed by atoms with van der Waals surface area (Å²) in [6.07, 6.45) is 1.56. The lowest BCUT2D eigenvalue weighted by Gasteiger charge is -2.26. The third kappa shape index (κ3) is 5.30. The zero-order valence-corrected chi connectivity index (χ0v) is 14.6. The molecule has 134 valence electrons. The van der Waals surface area contributed by atoms with Crippen LogP contribution in [0.2, 0.25) is 0 Å². The minimum Gasteiger partial charge on any atom is -0.492 e. The van der Waals surface area contributed by atoms with Crippen molar-refractivity contribution in [3.05, 3.63) is 36.7 Å². The third-order valence-corrected chi connectivity index (χ3v) is 3.95. The molecule has 2 N–H and O–H groups in total. The number of nitrogens with zero attached hydrogens (tertiary/aromatic N) is 3. The van der Waals surface area contributed by atoms with Gasteiger partial charge in [0.05, 0.1) is 25.5 Å². The number of anilines is 3. The Balaban J connectivity index is 1.56. The van der Waals surface area contributed by atoms with E-state index in [2.05, 4.69) is 25.5 Å². The Bertz CT molecular complexity index is 661. The topological polar surface area (TPSA) is 71.5 Å². The lowest BCUT2D eigenvalue weighted by atomic mass is 10.3. The average Bonchev–Trinajstić information content (AvgIpc) is 2.65. The summed E-state index contributed by atoms with van der Waals surface area (Å²) >= 11 is 0. The Morgan fingerprint density at radius 1 is 1.16 bits per heavy atom. The molecule has 7 heteroatoms. The molecule has 1 aliphatic heterocycles. The van der Waals surface area contributed by atoms with Crippen molar-refractivity contribution in [2.24, 2.45) is 0 Å². The van der Waals surface area contributed by atoms with Crippen LogP contribution >= 0.6 is 0 Å². The van der Waals surface area contributed by atoms with Gasteiger partial charge in [0, 0.05) is 32.2 Å². The Kier molecular flexibility index (Phi) is 6.42. The first-order valence-corrected chi connectivity index (χ1v) is 8.70. The van der Waals surface area contributed by atoms with Crippen LogP contribution in [0.15, 0.2) is 36.7 Å². The minimum absolute atomic E-state index is 0.622. The van der Waals surface area contributed by atoms with Gasteiger partial charge in [-0.25, -0.2) is 9.97 Å². The fourth-order valence-electron chi connectivity index (χ4n) is 2.68. The van der Waals surface area contributed by atoms with E-state index < -0.39 is 0 Å². The van der Waals surface area contributed by atoms with Crippen LogP contribution in [0.1, 0.15) is 6.92 Å². The molecule has 0 aliphatic carbocycles. The predicted octanol–water partition coefficient (Wildman–Crippen LogP) is 2.36. The zero-order valence-electron chi connectivity index (χ0n) is 14.6. The summed E-state index contributed by atoms with van der Waals surface area (Å²) in [5.41, 5.74) is 0.891. The normalized spacial score (nSPS) is 14.9. The number of benzene rings is 1. The molecule has 2 aromatic rings. The number of aromatic nitrogens is 2. The molecule has 3 rings (SSSR count). The van der Waals surface area contributed by atoms with Crippen LogP contribution in [0, 0.1) is 0 Å². The number of hydrogen-bond donors (Lipinski definition) is 2. The molecule has 2 heterocycles. The summed E-state index contributed by atoms with van der Waals surface area (Å²) < 4.78 is 11.0. The van der Waals surface area contributed by atoms with E-state index in [0.29, 0.717) is 6.61 Å². The molecular formula is C18H25N5O2. The Morgan fingerprint density at radius 2 is 1.96 bits per heavy atom. The van der Waals surface area contributed by atoms with Gasteiger partial charge in [0.1, 0.15) is 23.7 Å². The van der Waals surface area contributed by atoms with Gasteiger partial charge in [-0.05, 0) is 19.1 Å². The highest BCUT2D eigenvalue weighted by Gasteiger charge is 2.09. The smallest absolute Gasteiger partial charge is 0.142 e. The molecule has 0 bridgehead atoms. The van der Waals surface area contributed by atoms with Crippen LogP contribution in [0.4, 0.5) is 17.3 Å². The molecule has 0 saturated carbocycles. The van der Waals surface area contributed by atoms with Gasteiger partial charge in [-0.15, -0.1) is 0 Å². The van der Waals surface area contributed by atoms with Gasteiger partial charge >= 0.3 is 0 Å². The van der Waals surface area contributed by atoms with Crippen LogP contribution < -0.4 is 15.4 Å². The van der Waals surface area contributed by atoms with Gasteiger partial charge in [-0.1, -0.05) is 12.1 Å². The summed E-state index contributed by atoms with van der Waals surface area (Å²) in [5.74, 6) is 2.35. The second kappa shape index (κ2) is 9.19. The van der Waals surface area contributed by atoms with Crippen LogP contribution in [0.25, 0.3) is 0 Å². The number of nitrogens with one attached hydrogen (secondary N) is 2.